The molecule has 0 fully saturated rings. The van der Waals surface area contributed by atoms with Crippen molar-refractivity contribution in [2.24, 2.45) is 0 Å². The minimum Gasteiger partial charge on any atom is -0.508 e. The number of aryl methyl sites for hydroxylation is 3. The smallest absolute Gasteiger partial charge is 0.115 e. The molecule has 1 heteroatoms. The van der Waals surface area contributed by atoms with E-state index in [1.165, 1.54) is 16.7 Å². The average Bonchev–Trinajstić information content (AvgIpc) is 2.28. The van der Waals surface area contributed by atoms with Gasteiger partial charge in [0.15, 0.2) is 0 Å². The van der Waals surface area contributed by atoms with E-state index < -0.39 is 0 Å². The van der Waals surface area contributed by atoms with Crippen LogP contribution in [0.1, 0.15) is 16.7 Å². The lowest BCUT2D eigenvalue weighted by atomic mass is 10.0. The Kier molecular flexibility index (Phi) is 3.25. The van der Waals surface area contributed by atoms with Crippen LogP contribution in [0.25, 0.3) is 0 Å². The lowest BCUT2D eigenvalue weighted by molar-refractivity contribution is 0.475. The number of aromatic hydroxyl groups is 1. The maximum absolute atomic E-state index is 9.18. The zero-order chi connectivity index (χ0) is 11.4. The summed E-state index contributed by atoms with van der Waals surface area (Å²) in [7, 11) is 0. The molecule has 2 rings (SSSR count). The standard InChI is InChI=1S/C15H16O/c1-12-3-2-4-14(11-12)6-5-13-7-9-15(16)10-8-13/h2-4,7-11,16H,5-6H2,1H3. The van der Waals surface area contributed by atoms with E-state index in [9.17, 15) is 5.11 Å². The van der Waals surface area contributed by atoms with Gasteiger partial charge in [-0.15, -0.1) is 0 Å². The molecule has 0 saturated heterocycles. The molecule has 2 aromatic rings. The normalized spacial score (nSPS) is 10.3. The molecule has 0 aliphatic rings. The summed E-state index contributed by atoms with van der Waals surface area (Å²) in [5, 5.41) is 9.18. The molecule has 0 saturated carbocycles. The molecule has 1 nitrogen and oxygen atoms in total. The van der Waals surface area contributed by atoms with Crippen LogP contribution in [-0.2, 0) is 12.8 Å². The summed E-state index contributed by atoms with van der Waals surface area (Å²) in [4.78, 5) is 0. The van der Waals surface area contributed by atoms with E-state index in [1.807, 2.05) is 12.1 Å². The number of hydrogen-bond acceptors (Lipinski definition) is 1. The van der Waals surface area contributed by atoms with E-state index in [1.54, 1.807) is 12.1 Å². The summed E-state index contributed by atoms with van der Waals surface area (Å²) in [6.07, 6.45) is 2.07. The molecule has 0 spiro atoms. The third-order valence-corrected chi connectivity index (χ3v) is 2.72. The topological polar surface area (TPSA) is 20.2 Å². The summed E-state index contributed by atoms with van der Waals surface area (Å²) in [6, 6.07) is 16.0. The molecule has 82 valence electrons. The molecule has 2 aromatic carbocycles. The van der Waals surface area contributed by atoms with Gasteiger partial charge >= 0.3 is 0 Å². The van der Waals surface area contributed by atoms with Crippen LogP contribution >= 0.6 is 0 Å². The first-order valence-electron chi connectivity index (χ1n) is 5.57. The van der Waals surface area contributed by atoms with Crippen molar-refractivity contribution in [3.05, 3.63) is 65.2 Å². The van der Waals surface area contributed by atoms with Crippen molar-refractivity contribution in [1.29, 1.82) is 0 Å². The van der Waals surface area contributed by atoms with Crippen LogP contribution in [0.4, 0.5) is 0 Å². The Morgan fingerprint density at radius 1 is 0.875 bits per heavy atom. The van der Waals surface area contributed by atoms with E-state index in [4.69, 9.17) is 0 Å². The van der Waals surface area contributed by atoms with Gasteiger partial charge < -0.3 is 5.11 Å². The number of phenolic OH excluding ortho intramolecular Hbond substituents is 1. The first kappa shape index (κ1) is 10.7. The molecule has 0 unspecified atom stereocenters. The van der Waals surface area contributed by atoms with Crippen molar-refractivity contribution in [1.82, 2.24) is 0 Å². The summed E-state index contributed by atoms with van der Waals surface area (Å²) in [6.45, 7) is 2.12. The molecule has 16 heavy (non-hydrogen) atoms. The van der Waals surface area contributed by atoms with Gasteiger partial charge in [-0.25, -0.2) is 0 Å². The van der Waals surface area contributed by atoms with Gasteiger partial charge in [-0.3, -0.25) is 0 Å². The molecule has 0 aliphatic heterocycles. The quantitative estimate of drug-likeness (QED) is 0.825. The van der Waals surface area contributed by atoms with Gasteiger partial charge in [-0.1, -0.05) is 42.0 Å². The van der Waals surface area contributed by atoms with Crippen molar-refractivity contribution in [3.8, 4) is 5.75 Å². The molecule has 0 aromatic heterocycles. The zero-order valence-electron chi connectivity index (χ0n) is 9.48. The first-order chi connectivity index (χ1) is 7.74. The highest BCUT2D eigenvalue weighted by atomic mass is 16.3. The van der Waals surface area contributed by atoms with Crippen LogP contribution in [0.5, 0.6) is 5.75 Å². The van der Waals surface area contributed by atoms with Gasteiger partial charge in [0.2, 0.25) is 0 Å². The Morgan fingerprint density at radius 2 is 1.56 bits per heavy atom. The Morgan fingerprint density at radius 3 is 2.25 bits per heavy atom. The van der Waals surface area contributed by atoms with E-state index in [2.05, 4.69) is 31.2 Å². The summed E-state index contributed by atoms with van der Waals surface area (Å²) in [5.74, 6) is 0.333. The lowest BCUT2D eigenvalue weighted by Gasteiger charge is -2.03. The number of hydrogen-bond donors (Lipinski definition) is 1. The van der Waals surface area contributed by atoms with Crippen LogP contribution in [0, 0.1) is 6.92 Å². The third-order valence-electron chi connectivity index (χ3n) is 2.72. The highest BCUT2D eigenvalue weighted by molar-refractivity contribution is 5.28. The predicted octanol–water partition coefficient (Wildman–Crippen LogP) is 3.49. The molecule has 0 aliphatic carbocycles. The van der Waals surface area contributed by atoms with Gasteiger partial charge in [0.25, 0.3) is 0 Å². The molecular weight excluding hydrogens is 196 g/mol. The second-order valence-corrected chi connectivity index (χ2v) is 4.16. The Labute approximate surface area is 96.4 Å². The lowest BCUT2D eigenvalue weighted by Crippen LogP contribution is -1.91. The Hall–Kier alpha value is -1.76. The summed E-state index contributed by atoms with van der Waals surface area (Å²) >= 11 is 0. The first-order valence-corrected chi connectivity index (χ1v) is 5.57. The average molecular weight is 212 g/mol. The fourth-order valence-corrected chi connectivity index (χ4v) is 1.82. The Bertz CT molecular complexity index is 457. The summed E-state index contributed by atoms with van der Waals surface area (Å²) in [5.41, 5.74) is 3.94. The molecule has 0 atom stereocenters. The third kappa shape index (κ3) is 2.86. The molecule has 0 heterocycles. The SMILES string of the molecule is Cc1cccc(CCc2ccc(O)cc2)c1. The molecule has 0 bridgehead atoms. The van der Waals surface area contributed by atoms with E-state index in [-0.39, 0.29) is 0 Å². The van der Waals surface area contributed by atoms with Gasteiger partial charge in [0, 0.05) is 0 Å². The van der Waals surface area contributed by atoms with Crippen LogP contribution in [0.15, 0.2) is 48.5 Å². The van der Waals surface area contributed by atoms with Crippen molar-refractivity contribution < 1.29 is 5.11 Å². The van der Waals surface area contributed by atoms with Crippen LogP contribution in [0.3, 0.4) is 0 Å². The second-order valence-electron chi connectivity index (χ2n) is 4.16. The Balaban J connectivity index is 1.99. The minimum atomic E-state index is 0.333. The monoisotopic (exact) mass is 212 g/mol. The molecule has 0 amide bonds. The van der Waals surface area contributed by atoms with Crippen molar-refractivity contribution in [2.45, 2.75) is 19.8 Å². The fraction of sp³-hybridized carbons (Fsp3) is 0.200. The molecule has 1 N–H and O–H groups in total. The van der Waals surface area contributed by atoms with E-state index in [0.29, 0.717) is 5.75 Å². The van der Waals surface area contributed by atoms with Crippen LogP contribution in [0.2, 0.25) is 0 Å². The van der Waals surface area contributed by atoms with Crippen LogP contribution in [-0.4, -0.2) is 5.11 Å². The van der Waals surface area contributed by atoms with Crippen molar-refractivity contribution >= 4 is 0 Å². The highest BCUT2D eigenvalue weighted by Gasteiger charge is 1.96. The maximum Gasteiger partial charge on any atom is 0.115 e. The van der Waals surface area contributed by atoms with E-state index >= 15 is 0 Å². The highest BCUT2D eigenvalue weighted by Crippen LogP contribution is 2.13. The number of benzene rings is 2. The van der Waals surface area contributed by atoms with Gasteiger partial charge in [-0.2, -0.15) is 0 Å². The summed E-state index contributed by atoms with van der Waals surface area (Å²) < 4.78 is 0. The van der Waals surface area contributed by atoms with Gasteiger partial charge in [0.05, 0.1) is 0 Å². The largest absolute Gasteiger partial charge is 0.508 e. The van der Waals surface area contributed by atoms with E-state index in [0.717, 1.165) is 12.8 Å². The fourth-order valence-electron chi connectivity index (χ4n) is 1.82. The predicted molar refractivity (Wildman–Crippen MR) is 66.7 cm³/mol. The van der Waals surface area contributed by atoms with Crippen molar-refractivity contribution in [2.75, 3.05) is 0 Å². The zero-order valence-corrected chi connectivity index (χ0v) is 9.48. The maximum atomic E-state index is 9.18. The second kappa shape index (κ2) is 4.84. The molecular formula is C15H16O. The minimum absolute atomic E-state index is 0.333. The van der Waals surface area contributed by atoms with Crippen molar-refractivity contribution in [3.63, 3.8) is 0 Å². The molecule has 0 radical (unpaired) electrons. The van der Waals surface area contributed by atoms with Gasteiger partial charge in [-0.05, 0) is 43.0 Å². The van der Waals surface area contributed by atoms with Crippen LogP contribution < -0.4 is 0 Å². The number of phenols is 1. The number of rotatable bonds is 3. The van der Waals surface area contributed by atoms with Gasteiger partial charge in [0.1, 0.15) is 5.75 Å².